The summed E-state index contributed by atoms with van der Waals surface area (Å²) >= 11 is 0. The van der Waals surface area contributed by atoms with Crippen LogP contribution in [-0.4, -0.2) is 20.6 Å². The van der Waals surface area contributed by atoms with Crippen LogP contribution >= 0.6 is 0 Å². The van der Waals surface area contributed by atoms with Crippen LogP contribution in [0.4, 0.5) is 5.69 Å². The van der Waals surface area contributed by atoms with Gasteiger partial charge in [0.05, 0.1) is 0 Å². The minimum atomic E-state index is -0.266. The van der Waals surface area contributed by atoms with Crippen molar-refractivity contribution in [3.05, 3.63) is 66.0 Å². The van der Waals surface area contributed by atoms with E-state index in [9.17, 15) is 9.90 Å². The van der Waals surface area contributed by atoms with E-state index < -0.39 is 0 Å². The Bertz CT molecular complexity index is 868. The Labute approximate surface area is 134 Å². The van der Waals surface area contributed by atoms with Crippen LogP contribution in [-0.2, 0) is 7.05 Å². The third-order valence-electron chi connectivity index (χ3n) is 3.67. The summed E-state index contributed by atoms with van der Waals surface area (Å²) in [6, 6.07) is 12.4. The minimum Gasteiger partial charge on any atom is -0.508 e. The number of benzene rings is 2. The molecule has 0 spiro atoms. The van der Waals surface area contributed by atoms with E-state index in [2.05, 4.69) is 10.3 Å². The Morgan fingerprint density at radius 2 is 2.04 bits per heavy atom. The molecule has 3 aromatic rings. The van der Waals surface area contributed by atoms with Crippen molar-refractivity contribution in [2.45, 2.75) is 6.92 Å². The summed E-state index contributed by atoms with van der Waals surface area (Å²) in [4.78, 5) is 16.6. The molecule has 0 aliphatic heterocycles. The van der Waals surface area contributed by atoms with E-state index in [0.29, 0.717) is 11.3 Å². The zero-order valence-electron chi connectivity index (χ0n) is 12.9. The number of imidazole rings is 1. The van der Waals surface area contributed by atoms with Crippen LogP contribution in [0.25, 0.3) is 11.4 Å². The second-order valence-electron chi connectivity index (χ2n) is 5.40. The topological polar surface area (TPSA) is 67.2 Å². The molecule has 5 nitrogen and oxygen atoms in total. The number of phenolic OH excluding ortho intramolecular Hbond substituents is 1. The van der Waals surface area contributed by atoms with Gasteiger partial charge in [0.25, 0.3) is 5.91 Å². The zero-order chi connectivity index (χ0) is 16.4. The van der Waals surface area contributed by atoms with Crippen molar-refractivity contribution in [2.24, 2.45) is 7.05 Å². The Balaban J connectivity index is 1.84. The van der Waals surface area contributed by atoms with Gasteiger partial charge in [0.1, 0.15) is 11.6 Å². The molecule has 2 N–H and O–H groups in total. The van der Waals surface area contributed by atoms with Crippen LogP contribution in [0, 0.1) is 6.92 Å². The molecule has 2 aromatic carbocycles. The van der Waals surface area contributed by atoms with Gasteiger partial charge in [-0.05, 0) is 36.8 Å². The Hall–Kier alpha value is -3.08. The molecule has 0 aliphatic rings. The number of hydrogen-bond acceptors (Lipinski definition) is 3. The van der Waals surface area contributed by atoms with Crippen LogP contribution in [0.5, 0.6) is 5.75 Å². The smallest absolute Gasteiger partial charge is 0.255 e. The molecule has 0 saturated heterocycles. The highest BCUT2D eigenvalue weighted by Gasteiger charge is 2.10. The second kappa shape index (κ2) is 5.96. The average Bonchev–Trinajstić information content (AvgIpc) is 2.96. The summed E-state index contributed by atoms with van der Waals surface area (Å²) in [7, 11) is 1.92. The van der Waals surface area contributed by atoms with Crippen molar-refractivity contribution < 1.29 is 9.90 Å². The maximum Gasteiger partial charge on any atom is 0.255 e. The van der Waals surface area contributed by atoms with Crippen molar-refractivity contribution in [3.63, 3.8) is 0 Å². The average molecular weight is 307 g/mol. The number of carbonyl (C=O) groups is 1. The van der Waals surface area contributed by atoms with Gasteiger partial charge >= 0.3 is 0 Å². The van der Waals surface area contributed by atoms with E-state index in [1.807, 2.05) is 42.1 Å². The van der Waals surface area contributed by atoms with Gasteiger partial charge in [0.2, 0.25) is 0 Å². The highest BCUT2D eigenvalue weighted by Crippen LogP contribution is 2.22. The fourth-order valence-corrected chi connectivity index (χ4v) is 2.33. The molecule has 0 bridgehead atoms. The molecular formula is C18H17N3O2. The minimum absolute atomic E-state index is 0.111. The largest absolute Gasteiger partial charge is 0.508 e. The standard InChI is InChI=1S/C18H17N3O2/c1-12-6-7-14(11-16(12)22)18(23)20-15-5-3-4-13(10-15)17-19-8-9-21(17)2/h3-11,22H,1-2H3,(H,20,23). The molecule has 0 radical (unpaired) electrons. The molecule has 0 aliphatic carbocycles. The predicted octanol–water partition coefficient (Wildman–Crippen LogP) is 3.35. The van der Waals surface area contributed by atoms with Crippen LogP contribution in [0.15, 0.2) is 54.9 Å². The quantitative estimate of drug-likeness (QED) is 0.779. The van der Waals surface area contributed by atoms with E-state index in [4.69, 9.17) is 0 Å². The van der Waals surface area contributed by atoms with Crippen LogP contribution < -0.4 is 5.32 Å². The number of amides is 1. The first kappa shape index (κ1) is 14.8. The first-order chi connectivity index (χ1) is 11.0. The maximum absolute atomic E-state index is 12.3. The van der Waals surface area contributed by atoms with Crippen molar-refractivity contribution in [3.8, 4) is 17.1 Å². The number of nitrogens with one attached hydrogen (secondary N) is 1. The number of aromatic hydroxyl groups is 1. The molecule has 1 amide bonds. The summed E-state index contributed by atoms with van der Waals surface area (Å²) in [5.74, 6) is 0.672. The molecule has 1 aromatic heterocycles. The van der Waals surface area contributed by atoms with Gasteiger partial charge in [0, 0.05) is 36.3 Å². The van der Waals surface area contributed by atoms with Crippen molar-refractivity contribution in [1.29, 1.82) is 0 Å². The number of phenols is 1. The summed E-state index contributed by atoms with van der Waals surface area (Å²) in [6.45, 7) is 1.79. The van der Waals surface area contributed by atoms with E-state index in [1.54, 1.807) is 25.3 Å². The molecule has 3 rings (SSSR count). The van der Waals surface area contributed by atoms with Gasteiger partial charge < -0.3 is 15.0 Å². The van der Waals surface area contributed by atoms with Gasteiger partial charge in [-0.2, -0.15) is 0 Å². The Morgan fingerprint density at radius 3 is 2.74 bits per heavy atom. The molecule has 0 fully saturated rings. The lowest BCUT2D eigenvalue weighted by Gasteiger charge is -2.08. The molecule has 0 atom stereocenters. The maximum atomic E-state index is 12.3. The van der Waals surface area contributed by atoms with E-state index in [0.717, 1.165) is 17.0 Å². The monoisotopic (exact) mass is 307 g/mol. The van der Waals surface area contributed by atoms with E-state index in [-0.39, 0.29) is 11.7 Å². The third kappa shape index (κ3) is 3.08. The fourth-order valence-electron chi connectivity index (χ4n) is 2.33. The lowest BCUT2D eigenvalue weighted by molar-refractivity contribution is 0.102. The number of nitrogens with zero attached hydrogens (tertiary/aromatic N) is 2. The molecule has 116 valence electrons. The lowest BCUT2D eigenvalue weighted by Crippen LogP contribution is -2.11. The van der Waals surface area contributed by atoms with Crippen molar-refractivity contribution in [1.82, 2.24) is 9.55 Å². The van der Waals surface area contributed by atoms with Crippen molar-refractivity contribution >= 4 is 11.6 Å². The van der Waals surface area contributed by atoms with E-state index in [1.165, 1.54) is 6.07 Å². The Morgan fingerprint density at radius 1 is 1.22 bits per heavy atom. The zero-order valence-corrected chi connectivity index (χ0v) is 12.9. The van der Waals surface area contributed by atoms with Gasteiger partial charge in [-0.3, -0.25) is 4.79 Å². The first-order valence-corrected chi connectivity index (χ1v) is 7.23. The van der Waals surface area contributed by atoms with Crippen LogP contribution in [0.3, 0.4) is 0 Å². The molecule has 23 heavy (non-hydrogen) atoms. The van der Waals surface area contributed by atoms with Crippen molar-refractivity contribution in [2.75, 3.05) is 5.32 Å². The van der Waals surface area contributed by atoms with Gasteiger partial charge in [-0.1, -0.05) is 18.2 Å². The van der Waals surface area contributed by atoms with E-state index >= 15 is 0 Å². The van der Waals surface area contributed by atoms with Gasteiger partial charge in [-0.25, -0.2) is 4.98 Å². The third-order valence-corrected chi connectivity index (χ3v) is 3.67. The highest BCUT2D eigenvalue weighted by molar-refractivity contribution is 6.04. The second-order valence-corrected chi connectivity index (χ2v) is 5.40. The van der Waals surface area contributed by atoms with Gasteiger partial charge in [-0.15, -0.1) is 0 Å². The molecule has 1 heterocycles. The molecule has 5 heteroatoms. The molecule has 0 saturated carbocycles. The SMILES string of the molecule is Cc1ccc(C(=O)Nc2cccc(-c3nccn3C)c2)cc1O. The summed E-state index contributed by atoms with van der Waals surface area (Å²) < 4.78 is 1.92. The van der Waals surface area contributed by atoms with Crippen LogP contribution in [0.2, 0.25) is 0 Å². The lowest BCUT2D eigenvalue weighted by atomic mass is 10.1. The van der Waals surface area contributed by atoms with Crippen LogP contribution in [0.1, 0.15) is 15.9 Å². The fraction of sp³-hybridized carbons (Fsp3) is 0.111. The summed E-state index contributed by atoms with van der Waals surface area (Å²) in [5, 5.41) is 12.6. The predicted molar refractivity (Wildman–Crippen MR) is 89.4 cm³/mol. The number of aromatic nitrogens is 2. The number of hydrogen-bond donors (Lipinski definition) is 2. The summed E-state index contributed by atoms with van der Waals surface area (Å²) in [5.41, 5.74) is 2.74. The molecule has 0 unspecified atom stereocenters. The van der Waals surface area contributed by atoms with Gasteiger partial charge in [0.15, 0.2) is 0 Å². The highest BCUT2D eigenvalue weighted by atomic mass is 16.3. The number of carbonyl (C=O) groups excluding carboxylic acids is 1. The number of rotatable bonds is 3. The number of aryl methyl sites for hydroxylation is 2. The first-order valence-electron chi connectivity index (χ1n) is 7.23. The Kier molecular flexibility index (Phi) is 3.85. The molecular weight excluding hydrogens is 290 g/mol. The number of anilines is 1. The normalized spacial score (nSPS) is 10.5. The summed E-state index contributed by atoms with van der Waals surface area (Å²) in [6.07, 6.45) is 3.60.